The highest BCUT2D eigenvalue weighted by atomic mass is 79.9. The summed E-state index contributed by atoms with van der Waals surface area (Å²) in [5.41, 5.74) is 1.58. The molecule has 0 heterocycles. The third-order valence-electron chi connectivity index (χ3n) is 2.74. The van der Waals surface area contributed by atoms with Gasteiger partial charge in [0, 0.05) is 17.6 Å². The fourth-order valence-corrected chi connectivity index (χ4v) is 2.01. The number of likely N-dealkylation sites (N-methyl/N-ethyl adjacent to an activating group) is 1. The Balaban J connectivity index is 2.55. The Kier molecular flexibility index (Phi) is 6.03. The van der Waals surface area contributed by atoms with Gasteiger partial charge in [-0.15, -0.1) is 0 Å². The van der Waals surface area contributed by atoms with E-state index in [9.17, 15) is 0 Å². The van der Waals surface area contributed by atoms with Crippen molar-refractivity contribution in [1.29, 1.82) is 5.26 Å². The summed E-state index contributed by atoms with van der Waals surface area (Å²) >= 11 is 3.36. The van der Waals surface area contributed by atoms with Crippen molar-refractivity contribution in [3.8, 4) is 6.07 Å². The van der Waals surface area contributed by atoms with Gasteiger partial charge in [0.05, 0.1) is 11.3 Å². The van der Waals surface area contributed by atoms with Crippen molar-refractivity contribution in [3.05, 3.63) is 28.2 Å². The smallest absolute Gasteiger partial charge is 0.101 e. The van der Waals surface area contributed by atoms with E-state index in [0.717, 1.165) is 36.3 Å². The van der Waals surface area contributed by atoms with Crippen LogP contribution in [-0.2, 0) is 0 Å². The molecule has 0 bridgehead atoms. The second kappa shape index (κ2) is 7.31. The molecule has 0 fully saturated rings. The van der Waals surface area contributed by atoms with Crippen molar-refractivity contribution in [2.24, 2.45) is 0 Å². The van der Waals surface area contributed by atoms with Crippen LogP contribution in [0.25, 0.3) is 0 Å². The van der Waals surface area contributed by atoms with Crippen LogP contribution >= 0.6 is 15.9 Å². The molecule has 0 spiro atoms. The number of nitriles is 1. The molecule has 0 aliphatic heterocycles. The number of anilines is 1. The summed E-state index contributed by atoms with van der Waals surface area (Å²) in [5.74, 6) is 0. The molecule has 0 saturated carbocycles. The maximum atomic E-state index is 9.02. The molecule has 1 aromatic carbocycles. The lowest BCUT2D eigenvalue weighted by Crippen LogP contribution is -2.28. The Morgan fingerprint density at radius 3 is 2.65 bits per heavy atom. The summed E-state index contributed by atoms with van der Waals surface area (Å²) in [6, 6.07) is 7.91. The highest BCUT2D eigenvalue weighted by molar-refractivity contribution is 9.10. The van der Waals surface area contributed by atoms with Gasteiger partial charge in [0.1, 0.15) is 6.07 Å². The summed E-state index contributed by atoms with van der Waals surface area (Å²) in [4.78, 5) is 2.35. The zero-order valence-corrected chi connectivity index (χ0v) is 11.9. The molecule has 0 aliphatic rings. The molecule has 3 nitrogen and oxygen atoms in total. The normalized spacial score (nSPS) is 10.3. The Hall–Kier alpha value is -1.05. The van der Waals surface area contributed by atoms with Crippen LogP contribution in [-0.4, -0.2) is 31.1 Å². The van der Waals surface area contributed by atoms with E-state index in [1.54, 1.807) is 0 Å². The largest absolute Gasteiger partial charge is 0.383 e. The van der Waals surface area contributed by atoms with Crippen molar-refractivity contribution in [1.82, 2.24) is 4.90 Å². The van der Waals surface area contributed by atoms with Crippen LogP contribution in [0.4, 0.5) is 5.69 Å². The van der Waals surface area contributed by atoms with E-state index >= 15 is 0 Å². The van der Waals surface area contributed by atoms with E-state index in [1.165, 1.54) is 0 Å². The molecule has 0 aromatic heterocycles. The SMILES string of the molecule is CCN(CC)CCNc1ccc(Br)cc1C#N. The van der Waals surface area contributed by atoms with Crippen LogP contribution in [0.1, 0.15) is 19.4 Å². The lowest BCUT2D eigenvalue weighted by atomic mass is 10.2. The molecular weight excluding hydrogens is 278 g/mol. The molecule has 0 radical (unpaired) electrons. The molecule has 0 saturated heterocycles. The van der Waals surface area contributed by atoms with Crippen molar-refractivity contribution in [2.75, 3.05) is 31.5 Å². The maximum Gasteiger partial charge on any atom is 0.101 e. The van der Waals surface area contributed by atoms with Crippen LogP contribution in [0, 0.1) is 11.3 Å². The van der Waals surface area contributed by atoms with Gasteiger partial charge >= 0.3 is 0 Å². The average Bonchev–Trinajstić information content (AvgIpc) is 2.36. The molecule has 0 aliphatic carbocycles. The summed E-state index contributed by atoms with van der Waals surface area (Å²) in [7, 11) is 0. The second-order valence-electron chi connectivity index (χ2n) is 3.76. The highest BCUT2D eigenvalue weighted by Gasteiger charge is 2.03. The molecular formula is C13H18BrN3. The number of rotatable bonds is 6. The minimum Gasteiger partial charge on any atom is -0.383 e. The maximum absolute atomic E-state index is 9.02. The van der Waals surface area contributed by atoms with E-state index in [-0.39, 0.29) is 0 Å². The fraction of sp³-hybridized carbons (Fsp3) is 0.462. The quantitative estimate of drug-likeness (QED) is 0.877. The summed E-state index contributed by atoms with van der Waals surface area (Å²) in [6.45, 7) is 8.28. The predicted molar refractivity (Wildman–Crippen MR) is 75.1 cm³/mol. The van der Waals surface area contributed by atoms with Gasteiger partial charge in [-0.2, -0.15) is 5.26 Å². The van der Waals surface area contributed by atoms with Crippen molar-refractivity contribution in [3.63, 3.8) is 0 Å². The Labute approximate surface area is 112 Å². The van der Waals surface area contributed by atoms with Crippen LogP contribution < -0.4 is 5.32 Å². The van der Waals surface area contributed by atoms with Crippen molar-refractivity contribution >= 4 is 21.6 Å². The van der Waals surface area contributed by atoms with Crippen molar-refractivity contribution in [2.45, 2.75) is 13.8 Å². The summed E-state index contributed by atoms with van der Waals surface area (Å²) < 4.78 is 0.934. The van der Waals surface area contributed by atoms with E-state index in [2.05, 4.69) is 46.1 Å². The van der Waals surface area contributed by atoms with E-state index in [1.807, 2.05) is 18.2 Å². The first-order valence-electron chi connectivity index (χ1n) is 5.87. The number of hydrogen-bond acceptors (Lipinski definition) is 3. The van der Waals surface area contributed by atoms with E-state index in [0.29, 0.717) is 5.56 Å². The fourth-order valence-electron chi connectivity index (χ4n) is 1.65. The van der Waals surface area contributed by atoms with Gasteiger partial charge in [-0.1, -0.05) is 29.8 Å². The van der Waals surface area contributed by atoms with Crippen LogP contribution in [0.15, 0.2) is 22.7 Å². The molecule has 1 rings (SSSR count). The molecule has 92 valence electrons. The first kappa shape index (κ1) is 14.0. The number of nitrogens with one attached hydrogen (secondary N) is 1. The van der Waals surface area contributed by atoms with Crippen LogP contribution in [0.5, 0.6) is 0 Å². The van der Waals surface area contributed by atoms with Crippen LogP contribution in [0.3, 0.4) is 0 Å². The first-order valence-corrected chi connectivity index (χ1v) is 6.66. The summed E-state index contributed by atoms with van der Waals surface area (Å²) in [5, 5.41) is 12.3. The standard InChI is InChI=1S/C13H18BrN3/c1-3-17(4-2)8-7-16-13-6-5-12(14)9-11(13)10-15/h5-6,9,16H,3-4,7-8H2,1-2H3. The molecule has 4 heteroatoms. The van der Waals surface area contributed by atoms with Gasteiger partial charge in [-0.3, -0.25) is 0 Å². The second-order valence-corrected chi connectivity index (χ2v) is 4.67. The zero-order valence-electron chi connectivity index (χ0n) is 10.3. The first-order chi connectivity index (χ1) is 8.21. The van der Waals surface area contributed by atoms with Crippen LogP contribution in [0.2, 0.25) is 0 Å². The Morgan fingerprint density at radius 2 is 2.06 bits per heavy atom. The third-order valence-corrected chi connectivity index (χ3v) is 3.23. The minimum atomic E-state index is 0.680. The predicted octanol–water partition coefficient (Wildman–Crippen LogP) is 3.07. The monoisotopic (exact) mass is 295 g/mol. The average molecular weight is 296 g/mol. The number of nitrogens with zero attached hydrogens (tertiary/aromatic N) is 2. The third kappa shape index (κ3) is 4.37. The molecule has 0 amide bonds. The molecule has 0 atom stereocenters. The van der Waals surface area contributed by atoms with Gasteiger partial charge in [0.2, 0.25) is 0 Å². The molecule has 1 aromatic rings. The zero-order chi connectivity index (χ0) is 12.7. The topological polar surface area (TPSA) is 39.1 Å². The molecule has 1 N–H and O–H groups in total. The molecule has 17 heavy (non-hydrogen) atoms. The Bertz CT molecular complexity index is 394. The van der Waals surface area contributed by atoms with Gasteiger partial charge in [-0.25, -0.2) is 0 Å². The van der Waals surface area contributed by atoms with Gasteiger partial charge in [0.25, 0.3) is 0 Å². The lowest BCUT2D eigenvalue weighted by Gasteiger charge is -2.18. The van der Waals surface area contributed by atoms with E-state index in [4.69, 9.17) is 5.26 Å². The number of halogens is 1. The van der Waals surface area contributed by atoms with Gasteiger partial charge < -0.3 is 10.2 Å². The Morgan fingerprint density at radius 1 is 1.35 bits per heavy atom. The van der Waals surface area contributed by atoms with E-state index < -0.39 is 0 Å². The van der Waals surface area contributed by atoms with Gasteiger partial charge in [-0.05, 0) is 31.3 Å². The van der Waals surface area contributed by atoms with Gasteiger partial charge in [0.15, 0.2) is 0 Å². The van der Waals surface area contributed by atoms with Crippen molar-refractivity contribution < 1.29 is 0 Å². The highest BCUT2D eigenvalue weighted by Crippen LogP contribution is 2.19. The number of benzene rings is 1. The minimum absolute atomic E-state index is 0.680. The number of hydrogen-bond donors (Lipinski definition) is 1. The lowest BCUT2D eigenvalue weighted by molar-refractivity contribution is 0.316. The molecule has 0 unspecified atom stereocenters. The summed E-state index contributed by atoms with van der Waals surface area (Å²) in [6.07, 6.45) is 0.